The predicted octanol–water partition coefficient (Wildman–Crippen LogP) is 3.54. The van der Waals surface area contributed by atoms with E-state index < -0.39 is 0 Å². The summed E-state index contributed by atoms with van der Waals surface area (Å²) >= 11 is 0. The Labute approximate surface area is 110 Å². The van der Waals surface area contributed by atoms with Crippen molar-refractivity contribution in [1.82, 2.24) is 5.32 Å². The summed E-state index contributed by atoms with van der Waals surface area (Å²) < 4.78 is 5.80. The van der Waals surface area contributed by atoms with Crippen LogP contribution in [0.4, 0.5) is 0 Å². The predicted molar refractivity (Wildman–Crippen MR) is 73.8 cm³/mol. The summed E-state index contributed by atoms with van der Waals surface area (Å²) in [5.74, 6) is 1.61. The first-order valence-corrected chi connectivity index (χ1v) is 7.13. The van der Waals surface area contributed by atoms with E-state index in [1.807, 2.05) is 0 Å². The Hall–Kier alpha value is -1.02. The molecule has 1 aromatic carbocycles. The van der Waals surface area contributed by atoms with Crippen molar-refractivity contribution in [1.29, 1.82) is 0 Å². The van der Waals surface area contributed by atoms with Crippen molar-refractivity contribution in [2.45, 2.75) is 39.2 Å². The molecule has 2 nitrogen and oxygen atoms in total. The summed E-state index contributed by atoms with van der Waals surface area (Å²) in [6, 6.07) is 8.90. The molecule has 2 unspecified atom stereocenters. The van der Waals surface area contributed by atoms with Gasteiger partial charge in [-0.2, -0.15) is 0 Å². The van der Waals surface area contributed by atoms with Gasteiger partial charge in [0.15, 0.2) is 0 Å². The van der Waals surface area contributed by atoms with Gasteiger partial charge in [0.05, 0.1) is 6.61 Å². The molecule has 1 aromatic rings. The van der Waals surface area contributed by atoms with E-state index in [-0.39, 0.29) is 0 Å². The van der Waals surface area contributed by atoms with Crippen LogP contribution in [0.25, 0.3) is 0 Å². The minimum atomic E-state index is 0.451. The van der Waals surface area contributed by atoms with Crippen molar-refractivity contribution < 1.29 is 4.74 Å². The van der Waals surface area contributed by atoms with Crippen molar-refractivity contribution in [3.05, 3.63) is 29.8 Å². The average molecular weight is 245 g/mol. The van der Waals surface area contributed by atoms with E-state index in [9.17, 15) is 0 Å². The standard InChI is InChI=1S/C16H23NO/c1-12-10-18-14-7-4-3-6-13(14)15(12)17-11-16(2)8-5-9-16/h3-4,6-7,12,15,17H,5,8-11H2,1-2H3. The molecule has 2 aliphatic rings. The first kappa shape index (κ1) is 12.0. The van der Waals surface area contributed by atoms with Crippen molar-refractivity contribution in [3.63, 3.8) is 0 Å². The van der Waals surface area contributed by atoms with E-state index in [0.29, 0.717) is 17.4 Å². The minimum Gasteiger partial charge on any atom is -0.493 e. The van der Waals surface area contributed by atoms with Crippen molar-refractivity contribution in [3.8, 4) is 5.75 Å². The van der Waals surface area contributed by atoms with Crippen LogP contribution >= 0.6 is 0 Å². The third kappa shape index (κ3) is 2.14. The number of nitrogens with one attached hydrogen (secondary N) is 1. The Kier molecular flexibility index (Phi) is 3.06. The number of rotatable bonds is 3. The van der Waals surface area contributed by atoms with Crippen LogP contribution in [-0.2, 0) is 0 Å². The molecule has 1 saturated carbocycles. The highest BCUT2D eigenvalue weighted by molar-refractivity contribution is 5.37. The summed E-state index contributed by atoms with van der Waals surface area (Å²) in [6.45, 7) is 6.64. The fraction of sp³-hybridized carbons (Fsp3) is 0.625. The van der Waals surface area contributed by atoms with Crippen LogP contribution in [0.3, 0.4) is 0 Å². The van der Waals surface area contributed by atoms with Gasteiger partial charge in [0.2, 0.25) is 0 Å². The lowest BCUT2D eigenvalue weighted by Crippen LogP contribution is -2.42. The smallest absolute Gasteiger partial charge is 0.124 e. The molecule has 1 aliphatic heterocycles. The summed E-state index contributed by atoms with van der Waals surface area (Å²) in [6.07, 6.45) is 4.15. The SMILES string of the molecule is CC1COc2ccccc2C1NCC1(C)CCC1. The molecule has 0 spiro atoms. The first-order chi connectivity index (χ1) is 8.68. The van der Waals surface area contributed by atoms with Gasteiger partial charge < -0.3 is 10.1 Å². The van der Waals surface area contributed by atoms with E-state index in [4.69, 9.17) is 4.74 Å². The molecule has 1 N–H and O–H groups in total. The Bertz CT molecular complexity index is 425. The number of ether oxygens (including phenoxy) is 1. The van der Waals surface area contributed by atoms with Crippen molar-refractivity contribution in [2.75, 3.05) is 13.2 Å². The lowest BCUT2D eigenvalue weighted by atomic mass is 9.70. The molecule has 0 bridgehead atoms. The number of hydrogen-bond acceptors (Lipinski definition) is 2. The first-order valence-electron chi connectivity index (χ1n) is 7.13. The zero-order chi connectivity index (χ0) is 12.6. The van der Waals surface area contributed by atoms with Gasteiger partial charge in [0.1, 0.15) is 5.75 Å². The van der Waals surface area contributed by atoms with Crippen LogP contribution in [0.5, 0.6) is 5.75 Å². The number of hydrogen-bond donors (Lipinski definition) is 1. The number of fused-ring (bicyclic) bond motifs is 1. The molecular weight excluding hydrogens is 222 g/mol. The average Bonchev–Trinajstić information content (AvgIpc) is 2.35. The molecule has 1 fully saturated rings. The van der Waals surface area contributed by atoms with Gasteiger partial charge in [-0.3, -0.25) is 0 Å². The lowest BCUT2D eigenvalue weighted by Gasteiger charge is -2.41. The van der Waals surface area contributed by atoms with Crippen molar-refractivity contribution >= 4 is 0 Å². The van der Waals surface area contributed by atoms with Gasteiger partial charge in [0.25, 0.3) is 0 Å². The Morgan fingerprint density at radius 1 is 1.33 bits per heavy atom. The van der Waals surface area contributed by atoms with Gasteiger partial charge in [-0.05, 0) is 24.3 Å². The largest absolute Gasteiger partial charge is 0.493 e. The third-order valence-electron chi connectivity index (χ3n) is 4.63. The molecule has 0 saturated heterocycles. The fourth-order valence-corrected chi connectivity index (χ4v) is 3.12. The second-order valence-corrected chi connectivity index (χ2v) is 6.35. The highest BCUT2D eigenvalue weighted by Gasteiger charge is 2.34. The van der Waals surface area contributed by atoms with E-state index in [0.717, 1.165) is 18.9 Å². The zero-order valence-corrected chi connectivity index (χ0v) is 11.4. The molecule has 2 heteroatoms. The minimum absolute atomic E-state index is 0.451. The third-order valence-corrected chi connectivity index (χ3v) is 4.63. The Balaban J connectivity index is 1.74. The maximum atomic E-state index is 5.80. The summed E-state index contributed by atoms with van der Waals surface area (Å²) in [7, 11) is 0. The maximum Gasteiger partial charge on any atom is 0.124 e. The topological polar surface area (TPSA) is 21.3 Å². The maximum absolute atomic E-state index is 5.80. The molecule has 0 aromatic heterocycles. The van der Waals surface area contributed by atoms with E-state index in [1.165, 1.54) is 24.8 Å². The molecule has 18 heavy (non-hydrogen) atoms. The van der Waals surface area contributed by atoms with Gasteiger partial charge >= 0.3 is 0 Å². The summed E-state index contributed by atoms with van der Waals surface area (Å²) in [4.78, 5) is 0. The molecular formula is C16H23NO. The van der Waals surface area contributed by atoms with Crippen LogP contribution in [0.1, 0.15) is 44.7 Å². The Morgan fingerprint density at radius 3 is 2.83 bits per heavy atom. The number of benzene rings is 1. The van der Waals surface area contributed by atoms with Gasteiger partial charge in [-0.25, -0.2) is 0 Å². The second-order valence-electron chi connectivity index (χ2n) is 6.35. The van der Waals surface area contributed by atoms with Gasteiger partial charge in [-0.1, -0.05) is 38.5 Å². The molecule has 2 atom stereocenters. The van der Waals surface area contributed by atoms with E-state index >= 15 is 0 Å². The van der Waals surface area contributed by atoms with Crippen LogP contribution in [0, 0.1) is 11.3 Å². The zero-order valence-electron chi connectivity index (χ0n) is 11.4. The molecule has 0 amide bonds. The number of para-hydroxylation sites is 1. The molecule has 98 valence electrons. The van der Waals surface area contributed by atoms with E-state index in [1.54, 1.807) is 0 Å². The highest BCUT2D eigenvalue weighted by Crippen LogP contribution is 2.41. The quantitative estimate of drug-likeness (QED) is 0.879. The van der Waals surface area contributed by atoms with Gasteiger partial charge in [-0.15, -0.1) is 0 Å². The Morgan fingerprint density at radius 2 is 2.11 bits per heavy atom. The summed E-state index contributed by atoms with van der Waals surface area (Å²) in [5.41, 5.74) is 1.87. The fourth-order valence-electron chi connectivity index (χ4n) is 3.12. The van der Waals surface area contributed by atoms with Crippen LogP contribution in [0.15, 0.2) is 24.3 Å². The van der Waals surface area contributed by atoms with Crippen LogP contribution < -0.4 is 10.1 Å². The highest BCUT2D eigenvalue weighted by atomic mass is 16.5. The van der Waals surface area contributed by atoms with Gasteiger partial charge in [0, 0.05) is 24.1 Å². The second kappa shape index (κ2) is 4.58. The van der Waals surface area contributed by atoms with Crippen LogP contribution in [0.2, 0.25) is 0 Å². The monoisotopic (exact) mass is 245 g/mol. The lowest BCUT2D eigenvalue weighted by molar-refractivity contribution is 0.128. The van der Waals surface area contributed by atoms with Crippen molar-refractivity contribution in [2.24, 2.45) is 11.3 Å². The molecule has 1 heterocycles. The van der Waals surface area contributed by atoms with Crippen LogP contribution in [-0.4, -0.2) is 13.2 Å². The molecule has 3 rings (SSSR count). The summed E-state index contributed by atoms with van der Waals surface area (Å²) in [5, 5.41) is 3.79. The van der Waals surface area contributed by atoms with E-state index in [2.05, 4.69) is 43.4 Å². The normalized spacial score (nSPS) is 29.0. The molecule has 1 aliphatic carbocycles. The molecule has 0 radical (unpaired) electrons.